The molecule has 0 unspecified atom stereocenters. The second-order valence-corrected chi connectivity index (χ2v) is 5.78. The number of aromatic hydroxyl groups is 1. The second kappa shape index (κ2) is 7.18. The first-order chi connectivity index (χ1) is 12.4. The smallest absolute Gasteiger partial charge is 0.275 e. The van der Waals surface area contributed by atoms with Gasteiger partial charge in [-0.3, -0.25) is 9.59 Å². The number of carbonyl (C=O) groups excluding carboxylic acids is 1. The molecule has 26 heavy (non-hydrogen) atoms. The Morgan fingerprint density at radius 3 is 2.62 bits per heavy atom. The fraction of sp³-hybridized carbons (Fsp3) is 0.105. The number of amides is 1. The standard InChI is InChI=1S/C19H16FN3O3/c1-12-3-2-4-15(9-12)23-17(25)10-16(24)18(22-23)19(26)21-11-13-5-7-14(20)8-6-13/h2-10,24H,11H2,1H3,(H,21,26). The molecule has 0 aliphatic rings. The lowest BCUT2D eigenvalue weighted by Crippen LogP contribution is -2.29. The van der Waals surface area contributed by atoms with Gasteiger partial charge in [-0.05, 0) is 42.3 Å². The summed E-state index contributed by atoms with van der Waals surface area (Å²) in [7, 11) is 0. The van der Waals surface area contributed by atoms with Crippen molar-refractivity contribution in [1.29, 1.82) is 0 Å². The van der Waals surface area contributed by atoms with Crippen LogP contribution >= 0.6 is 0 Å². The molecule has 1 aromatic heterocycles. The number of nitrogens with one attached hydrogen (secondary N) is 1. The first-order valence-corrected chi connectivity index (χ1v) is 7.87. The van der Waals surface area contributed by atoms with Crippen molar-refractivity contribution in [2.45, 2.75) is 13.5 Å². The van der Waals surface area contributed by atoms with E-state index in [0.717, 1.165) is 16.3 Å². The van der Waals surface area contributed by atoms with Crippen molar-refractivity contribution in [1.82, 2.24) is 15.1 Å². The summed E-state index contributed by atoms with van der Waals surface area (Å²) in [6.07, 6.45) is 0. The van der Waals surface area contributed by atoms with Crippen LogP contribution in [-0.4, -0.2) is 20.8 Å². The maximum absolute atomic E-state index is 12.9. The second-order valence-electron chi connectivity index (χ2n) is 5.78. The van der Waals surface area contributed by atoms with Gasteiger partial charge in [-0.25, -0.2) is 4.39 Å². The Kier molecular flexibility index (Phi) is 4.79. The van der Waals surface area contributed by atoms with Gasteiger partial charge in [0.2, 0.25) is 0 Å². The molecule has 6 nitrogen and oxygen atoms in total. The lowest BCUT2D eigenvalue weighted by atomic mass is 10.2. The average Bonchev–Trinajstić information content (AvgIpc) is 2.61. The molecule has 2 aromatic carbocycles. The molecule has 0 spiro atoms. The summed E-state index contributed by atoms with van der Waals surface area (Å²) in [5.41, 5.74) is 1.27. The summed E-state index contributed by atoms with van der Waals surface area (Å²) in [5, 5.41) is 16.5. The zero-order chi connectivity index (χ0) is 18.7. The highest BCUT2D eigenvalue weighted by Gasteiger charge is 2.16. The maximum Gasteiger partial charge on any atom is 0.275 e. The number of hydrogen-bond acceptors (Lipinski definition) is 4. The molecule has 0 bridgehead atoms. The van der Waals surface area contributed by atoms with Gasteiger partial charge in [-0.2, -0.15) is 9.78 Å². The van der Waals surface area contributed by atoms with E-state index in [9.17, 15) is 19.1 Å². The van der Waals surface area contributed by atoms with Crippen LogP contribution in [0.4, 0.5) is 4.39 Å². The summed E-state index contributed by atoms with van der Waals surface area (Å²) in [6.45, 7) is 2.00. The van der Waals surface area contributed by atoms with E-state index >= 15 is 0 Å². The van der Waals surface area contributed by atoms with Gasteiger partial charge in [-0.1, -0.05) is 24.3 Å². The third-order valence-electron chi connectivity index (χ3n) is 3.74. The molecule has 0 saturated heterocycles. The molecule has 7 heteroatoms. The van der Waals surface area contributed by atoms with Gasteiger partial charge >= 0.3 is 0 Å². The van der Waals surface area contributed by atoms with E-state index in [4.69, 9.17) is 0 Å². The zero-order valence-electron chi connectivity index (χ0n) is 13.9. The highest BCUT2D eigenvalue weighted by atomic mass is 19.1. The molecular weight excluding hydrogens is 337 g/mol. The molecule has 132 valence electrons. The SMILES string of the molecule is Cc1cccc(-n2nc(C(=O)NCc3ccc(F)cc3)c(O)cc2=O)c1. The Morgan fingerprint density at radius 1 is 1.19 bits per heavy atom. The van der Waals surface area contributed by atoms with Crippen LogP contribution in [0.15, 0.2) is 59.4 Å². The fourth-order valence-corrected chi connectivity index (χ4v) is 2.42. The largest absolute Gasteiger partial charge is 0.505 e. The predicted molar refractivity (Wildman–Crippen MR) is 93.8 cm³/mol. The number of carbonyl (C=O) groups is 1. The third kappa shape index (κ3) is 3.77. The zero-order valence-corrected chi connectivity index (χ0v) is 13.9. The molecular formula is C19H16FN3O3. The summed E-state index contributed by atoms with van der Waals surface area (Å²) in [5.74, 6) is -1.52. The quantitative estimate of drug-likeness (QED) is 0.754. The lowest BCUT2D eigenvalue weighted by molar-refractivity contribution is 0.0941. The van der Waals surface area contributed by atoms with E-state index in [1.807, 2.05) is 13.0 Å². The van der Waals surface area contributed by atoms with Gasteiger partial charge in [0.25, 0.3) is 11.5 Å². The van der Waals surface area contributed by atoms with Gasteiger partial charge in [0, 0.05) is 12.6 Å². The van der Waals surface area contributed by atoms with Gasteiger partial charge in [0.1, 0.15) is 5.82 Å². The molecule has 0 atom stereocenters. The molecule has 3 rings (SSSR count). The minimum Gasteiger partial charge on any atom is -0.505 e. The van der Waals surface area contributed by atoms with E-state index in [2.05, 4.69) is 10.4 Å². The van der Waals surface area contributed by atoms with Gasteiger partial charge in [-0.15, -0.1) is 0 Å². The summed E-state index contributed by atoms with van der Waals surface area (Å²) >= 11 is 0. The molecule has 0 saturated carbocycles. The summed E-state index contributed by atoms with van der Waals surface area (Å²) in [6, 6.07) is 13.6. The predicted octanol–water partition coefficient (Wildman–Crippen LogP) is 2.32. The van der Waals surface area contributed by atoms with Crippen molar-refractivity contribution < 1.29 is 14.3 Å². The third-order valence-corrected chi connectivity index (χ3v) is 3.74. The van der Waals surface area contributed by atoms with Gasteiger partial charge in [0.05, 0.1) is 5.69 Å². The number of aromatic nitrogens is 2. The van der Waals surface area contributed by atoms with Crippen LogP contribution in [0.1, 0.15) is 21.6 Å². The van der Waals surface area contributed by atoms with Crippen LogP contribution in [0.5, 0.6) is 5.75 Å². The monoisotopic (exact) mass is 353 g/mol. The Hall–Kier alpha value is -3.48. The van der Waals surface area contributed by atoms with Crippen molar-refractivity contribution in [3.8, 4) is 11.4 Å². The molecule has 0 aliphatic carbocycles. The van der Waals surface area contributed by atoms with Crippen LogP contribution in [0.3, 0.4) is 0 Å². The van der Waals surface area contributed by atoms with Gasteiger partial charge in [0.15, 0.2) is 11.4 Å². The summed E-state index contributed by atoms with van der Waals surface area (Å²) in [4.78, 5) is 24.5. The maximum atomic E-state index is 12.9. The van der Waals surface area contributed by atoms with E-state index in [1.165, 1.54) is 24.3 Å². The van der Waals surface area contributed by atoms with Crippen molar-refractivity contribution in [3.63, 3.8) is 0 Å². The number of rotatable bonds is 4. The van der Waals surface area contributed by atoms with Crippen molar-refractivity contribution in [3.05, 3.63) is 87.6 Å². The first kappa shape index (κ1) is 17.3. The van der Waals surface area contributed by atoms with Crippen LogP contribution in [0, 0.1) is 12.7 Å². The minimum absolute atomic E-state index is 0.129. The van der Waals surface area contributed by atoms with Crippen LogP contribution in [0.2, 0.25) is 0 Å². The Balaban J connectivity index is 1.87. The summed E-state index contributed by atoms with van der Waals surface area (Å²) < 4.78 is 14.0. The van der Waals surface area contributed by atoms with E-state index in [1.54, 1.807) is 18.2 Å². The van der Waals surface area contributed by atoms with Crippen LogP contribution < -0.4 is 10.9 Å². The number of nitrogens with zero attached hydrogens (tertiary/aromatic N) is 2. The van der Waals surface area contributed by atoms with Crippen LogP contribution in [-0.2, 0) is 6.54 Å². The average molecular weight is 353 g/mol. The fourth-order valence-electron chi connectivity index (χ4n) is 2.42. The Morgan fingerprint density at radius 2 is 1.92 bits per heavy atom. The molecule has 1 heterocycles. The minimum atomic E-state index is -0.645. The number of aryl methyl sites for hydroxylation is 1. The number of halogens is 1. The molecule has 2 N–H and O–H groups in total. The normalized spacial score (nSPS) is 10.5. The van der Waals surface area contributed by atoms with Crippen molar-refractivity contribution in [2.24, 2.45) is 0 Å². The molecule has 0 aliphatic heterocycles. The Labute approximate surface area is 148 Å². The molecule has 1 amide bonds. The van der Waals surface area contributed by atoms with E-state index in [-0.39, 0.29) is 18.1 Å². The van der Waals surface area contributed by atoms with Crippen molar-refractivity contribution in [2.75, 3.05) is 0 Å². The van der Waals surface area contributed by atoms with Gasteiger partial charge < -0.3 is 10.4 Å². The molecule has 0 fully saturated rings. The Bertz CT molecular complexity index is 1010. The highest BCUT2D eigenvalue weighted by molar-refractivity contribution is 5.94. The van der Waals surface area contributed by atoms with E-state index < -0.39 is 17.2 Å². The van der Waals surface area contributed by atoms with Crippen LogP contribution in [0.25, 0.3) is 5.69 Å². The van der Waals surface area contributed by atoms with E-state index in [0.29, 0.717) is 11.3 Å². The number of hydrogen-bond donors (Lipinski definition) is 2. The highest BCUT2D eigenvalue weighted by Crippen LogP contribution is 2.14. The number of benzene rings is 2. The van der Waals surface area contributed by atoms with Crippen molar-refractivity contribution >= 4 is 5.91 Å². The molecule has 0 radical (unpaired) electrons. The first-order valence-electron chi connectivity index (χ1n) is 7.87. The molecule has 3 aromatic rings. The topological polar surface area (TPSA) is 84.2 Å². The lowest BCUT2D eigenvalue weighted by Gasteiger charge is -2.10.